The van der Waals surface area contributed by atoms with Gasteiger partial charge in [0.25, 0.3) is 0 Å². The van der Waals surface area contributed by atoms with Gasteiger partial charge in [-0.15, -0.1) is 0 Å². The van der Waals surface area contributed by atoms with E-state index in [-0.39, 0.29) is 0 Å². The summed E-state index contributed by atoms with van der Waals surface area (Å²) in [7, 11) is 1.61. The van der Waals surface area contributed by atoms with E-state index in [9.17, 15) is 5.11 Å². The summed E-state index contributed by atoms with van der Waals surface area (Å²) in [6.45, 7) is 2.29. The Bertz CT molecular complexity index is 609. The monoisotopic (exact) mass is 256 g/mol. The molecule has 4 heteroatoms. The lowest BCUT2D eigenvalue weighted by Crippen LogP contribution is -2.07. The fourth-order valence-corrected chi connectivity index (χ4v) is 2.11. The molecular weight excluding hydrogens is 240 g/mol. The standard InChI is InChI=1S/C15H16N2O2/c1-11(18)14-4-3-7-17(14)10-13-8-12(9-16)5-6-15(13)19-2/h3-8,11,18H,10H2,1-2H3. The Morgan fingerprint density at radius 3 is 2.84 bits per heavy atom. The number of benzene rings is 1. The van der Waals surface area contributed by atoms with E-state index < -0.39 is 6.10 Å². The predicted octanol–water partition coefficient (Wildman–Crippen LogP) is 2.47. The molecule has 1 heterocycles. The van der Waals surface area contributed by atoms with Crippen molar-refractivity contribution in [2.45, 2.75) is 19.6 Å². The van der Waals surface area contributed by atoms with Gasteiger partial charge in [0.15, 0.2) is 0 Å². The van der Waals surface area contributed by atoms with Crippen molar-refractivity contribution in [3.05, 3.63) is 53.3 Å². The summed E-state index contributed by atoms with van der Waals surface area (Å²) in [5.74, 6) is 0.740. The number of aliphatic hydroxyl groups is 1. The summed E-state index contributed by atoms with van der Waals surface area (Å²) in [5, 5.41) is 18.7. The van der Waals surface area contributed by atoms with Crippen molar-refractivity contribution < 1.29 is 9.84 Å². The first-order chi connectivity index (χ1) is 9.15. The first-order valence-electron chi connectivity index (χ1n) is 6.06. The maximum atomic E-state index is 9.69. The van der Waals surface area contributed by atoms with Crippen molar-refractivity contribution in [2.24, 2.45) is 0 Å². The van der Waals surface area contributed by atoms with Gasteiger partial charge in [-0.3, -0.25) is 0 Å². The third-order valence-electron chi connectivity index (χ3n) is 3.04. The second-order valence-corrected chi connectivity index (χ2v) is 4.38. The van der Waals surface area contributed by atoms with Crippen molar-refractivity contribution >= 4 is 0 Å². The smallest absolute Gasteiger partial charge is 0.123 e. The quantitative estimate of drug-likeness (QED) is 0.914. The summed E-state index contributed by atoms with van der Waals surface area (Å²) >= 11 is 0. The number of nitrogens with zero attached hydrogens (tertiary/aromatic N) is 2. The number of aliphatic hydroxyl groups excluding tert-OH is 1. The minimum absolute atomic E-state index is 0.528. The van der Waals surface area contributed by atoms with Crippen LogP contribution in [0.4, 0.5) is 0 Å². The average molecular weight is 256 g/mol. The molecule has 0 radical (unpaired) electrons. The minimum atomic E-state index is -0.528. The van der Waals surface area contributed by atoms with Crippen molar-refractivity contribution in [1.29, 1.82) is 5.26 Å². The minimum Gasteiger partial charge on any atom is -0.496 e. The number of aromatic nitrogens is 1. The van der Waals surface area contributed by atoms with Crippen LogP contribution in [-0.2, 0) is 6.54 Å². The Morgan fingerprint density at radius 2 is 2.21 bits per heavy atom. The highest BCUT2D eigenvalue weighted by atomic mass is 16.5. The van der Waals surface area contributed by atoms with Crippen molar-refractivity contribution in [3.63, 3.8) is 0 Å². The third kappa shape index (κ3) is 2.78. The summed E-state index contributed by atoms with van der Waals surface area (Å²) in [4.78, 5) is 0. The molecule has 0 amide bonds. The number of nitriles is 1. The van der Waals surface area contributed by atoms with Crippen LogP contribution >= 0.6 is 0 Å². The van der Waals surface area contributed by atoms with E-state index in [2.05, 4.69) is 6.07 Å². The van der Waals surface area contributed by atoms with Gasteiger partial charge in [-0.25, -0.2) is 0 Å². The molecule has 4 nitrogen and oxygen atoms in total. The Balaban J connectivity index is 2.37. The lowest BCUT2D eigenvalue weighted by molar-refractivity contribution is 0.189. The fraction of sp³-hybridized carbons (Fsp3) is 0.267. The maximum absolute atomic E-state index is 9.69. The van der Waals surface area contributed by atoms with Crippen molar-refractivity contribution in [3.8, 4) is 11.8 Å². The van der Waals surface area contributed by atoms with E-state index in [1.165, 1.54) is 0 Å². The number of hydrogen-bond acceptors (Lipinski definition) is 3. The number of ether oxygens (including phenoxy) is 1. The van der Waals surface area contributed by atoms with Gasteiger partial charge in [0.05, 0.1) is 31.4 Å². The lowest BCUT2D eigenvalue weighted by atomic mass is 10.1. The lowest BCUT2D eigenvalue weighted by Gasteiger charge is -2.14. The molecule has 1 N–H and O–H groups in total. The van der Waals surface area contributed by atoms with Crippen LogP contribution in [0.3, 0.4) is 0 Å². The van der Waals surface area contributed by atoms with Crippen LogP contribution in [0.15, 0.2) is 36.5 Å². The van der Waals surface area contributed by atoms with Crippen LogP contribution < -0.4 is 4.74 Å². The average Bonchev–Trinajstić information content (AvgIpc) is 2.87. The summed E-state index contributed by atoms with van der Waals surface area (Å²) in [6, 6.07) is 11.2. The molecule has 0 aliphatic heterocycles. The van der Waals surface area contributed by atoms with E-state index in [0.717, 1.165) is 17.0 Å². The molecule has 0 bridgehead atoms. The molecular formula is C15H16N2O2. The summed E-state index contributed by atoms with van der Waals surface area (Å²) < 4.78 is 7.26. The predicted molar refractivity (Wildman–Crippen MR) is 71.9 cm³/mol. The number of rotatable bonds is 4. The van der Waals surface area contributed by atoms with E-state index >= 15 is 0 Å². The van der Waals surface area contributed by atoms with E-state index in [1.807, 2.05) is 29.0 Å². The fourth-order valence-electron chi connectivity index (χ4n) is 2.11. The molecule has 0 aliphatic rings. The van der Waals surface area contributed by atoms with Crippen molar-refractivity contribution in [1.82, 2.24) is 4.57 Å². The molecule has 0 saturated carbocycles. The van der Waals surface area contributed by atoms with E-state index in [1.54, 1.807) is 26.2 Å². The molecule has 0 fully saturated rings. The molecule has 98 valence electrons. The van der Waals surface area contributed by atoms with Gasteiger partial charge in [-0.05, 0) is 37.3 Å². The molecule has 1 unspecified atom stereocenters. The van der Waals surface area contributed by atoms with Crippen LogP contribution in [0.25, 0.3) is 0 Å². The zero-order valence-electron chi connectivity index (χ0n) is 11.0. The summed E-state index contributed by atoms with van der Waals surface area (Å²) in [5.41, 5.74) is 2.35. The Kier molecular flexibility index (Phi) is 3.88. The summed E-state index contributed by atoms with van der Waals surface area (Å²) in [6.07, 6.45) is 1.38. The molecule has 2 rings (SSSR count). The van der Waals surface area contributed by atoms with E-state index in [4.69, 9.17) is 10.00 Å². The number of hydrogen-bond donors (Lipinski definition) is 1. The molecule has 1 aromatic heterocycles. The van der Waals surface area contributed by atoms with Gasteiger partial charge in [0, 0.05) is 17.5 Å². The molecule has 1 aromatic carbocycles. The van der Waals surface area contributed by atoms with Gasteiger partial charge < -0.3 is 14.4 Å². The Hall–Kier alpha value is -2.25. The Labute approximate surface area is 112 Å². The van der Waals surface area contributed by atoms with E-state index in [0.29, 0.717) is 12.1 Å². The van der Waals surface area contributed by atoms with Crippen LogP contribution in [0.5, 0.6) is 5.75 Å². The highest BCUT2D eigenvalue weighted by Crippen LogP contribution is 2.23. The highest BCUT2D eigenvalue weighted by molar-refractivity contribution is 5.42. The largest absolute Gasteiger partial charge is 0.496 e. The SMILES string of the molecule is COc1ccc(C#N)cc1Cn1cccc1C(C)O. The normalized spacial score (nSPS) is 11.9. The van der Waals surface area contributed by atoms with Crippen LogP contribution in [0, 0.1) is 11.3 Å². The maximum Gasteiger partial charge on any atom is 0.123 e. The van der Waals surface area contributed by atoms with Crippen LogP contribution in [-0.4, -0.2) is 16.8 Å². The zero-order valence-corrected chi connectivity index (χ0v) is 11.0. The van der Waals surface area contributed by atoms with Gasteiger partial charge in [-0.1, -0.05) is 0 Å². The highest BCUT2D eigenvalue weighted by Gasteiger charge is 2.10. The van der Waals surface area contributed by atoms with Gasteiger partial charge in [-0.2, -0.15) is 5.26 Å². The topological polar surface area (TPSA) is 58.2 Å². The molecule has 2 aromatic rings. The molecule has 19 heavy (non-hydrogen) atoms. The molecule has 1 atom stereocenters. The second-order valence-electron chi connectivity index (χ2n) is 4.38. The molecule has 0 spiro atoms. The zero-order chi connectivity index (χ0) is 13.8. The Morgan fingerprint density at radius 1 is 1.42 bits per heavy atom. The van der Waals surface area contributed by atoms with Crippen LogP contribution in [0.1, 0.15) is 29.8 Å². The first kappa shape index (κ1) is 13.2. The van der Waals surface area contributed by atoms with Gasteiger partial charge in [0.2, 0.25) is 0 Å². The van der Waals surface area contributed by atoms with Gasteiger partial charge >= 0.3 is 0 Å². The first-order valence-corrected chi connectivity index (χ1v) is 6.06. The van der Waals surface area contributed by atoms with Gasteiger partial charge in [0.1, 0.15) is 5.75 Å². The number of methoxy groups -OCH3 is 1. The molecule has 0 saturated heterocycles. The molecule has 0 aliphatic carbocycles. The second kappa shape index (κ2) is 5.59. The van der Waals surface area contributed by atoms with Crippen molar-refractivity contribution in [2.75, 3.05) is 7.11 Å². The third-order valence-corrected chi connectivity index (χ3v) is 3.04. The van der Waals surface area contributed by atoms with Crippen LogP contribution in [0.2, 0.25) is 0 Å².